The molecule has 0 aliphatic rings. The number of hydrogen-bond acceptors (Lipinski definition) is 5. The van der Waals surface area contributed by atoms with E-state index in [1.54, 1.807) is 41.1 Å². The van der Waals surface area contributed by atoms with Crippen LogP contribution in [0.4, 0.5) is 5.69 Å². The number of aromatic nitrogens is 1. The summed E-state index contributed by atoms with van der Waals surface area (Å²) in [6.07, 6.45) is 1.54. The Balaban J connectivity index is 1.64. The molecule has 1 amide bonds. The second kappa shape index (κ2) is 8.91. The van der Waals surface area contributed by atoms with E-state index in [4.69, 9.17) is 9.47 Å². The topological polar surface area (TPSA) is 86.6 Å². The number of amides is 1. The van der Waals surface area contributed by atoms with Crippen LogP contribution in [0.25, 0.3) is 10.9 Å². The minimum absolute atomic E-state index is 0.140. The number of esters is 2. The van der Waals surface area contributed by atoms with Gasteiger partial charge in [-0.25, -0.2) is 4.79 Å². The first kappa shape index (κ1) is 20.6. The number of nitrogens with zero attached hydrogens (tertiary/aromatic N) is 1. The van der Waals surface area contributed by atoms with Crippen LogP contribution in [0.5, 0.6) is 0 Å². The van der Waals surface area contributed by atoms with E-state index >= 15 is 0 Å². The largest absolute Gasteiger partial charge is 0.465 e. The molecule has 8 heteroatoms. The molecule has 0 fully saturated rings. The predicted octanol–water partition coefficient (Wildman–Crippen LogP) is 3.68. The molecular formula is C21H19BrN2O5. The lowest BCUT2D eigenvalue weighted by molar-refractivity contribution is -0.147. The van der Waals surface area contributed by atoms with Gasteiger partial charge in [0.25, 0.3) is 5.91 Å². The maximum absolute atomic E-state index is 12.2. The first-order valence-electron chi connectivity index (χ1n) is 8.77. The molecule has 3 rings (SSSR count). The Morgan fingerprint density at radius 3 is 2.62 bits per heavy atom. The quantitative estimate of drug-likeness (QED) is 0.569. The molecule has 150 valence electrons. The highest BCUT2D eigenvalue weighted by Crippen LogP contribution is 2.24. The number of benzene rings is 2. The van der Waals surface area contributed by atoms with Crippen molar-refractivity contribution < 1.29 is 23.9 Å². The lowest BCUT2D eigenvalue weighted by atomic mass is 10.2. The van der Waals surface area contributed by atoms with Crippen molar-refractivity contribution in [1.82, 2.24) is 4.57 Å². The van der Waals surface area contributed by atoms with E-state index in [2.05, 4.69) is 21.2 Å². The highest BCUT2D eigenvalue weighted by molar-refractivity contribution is 9.10. The van der Waals surface area contributed by atoms with E-state index in [9.17, 15) is 14.4 Å². The van der Waals surface area contributed by atoms with Gasteiger partial charge in [-0.3, -0.25) is 9.59 Å². The normalized spacial score (nSPS) is 10.6. The van der Waals surface area contributed by atoms with Gasteiger partial charge in [-0.1, -0.05) is 24.3 Å². The van der Waals surface area contributed by atoms with Crippen molar-refractivity contribution in [3.8, 4) is 0 Å². The Labute approximate surface area is 175 Å². The van der Waals surface area contributed by atoms with E-state index in [1.807, 2.05) is 19.1 Å². The van der Waals surface area contributed by atoms with Gasteiger partial charge in [-0.2, -0.15) is 0 Å². The zero-order valence-corrected chi connectivity index (χ0v) is 17.5. The van der Waals surface area contributed by atoms with Crippen LogP contribution in [0.2, 0.25) is 0 Å². The van der Waals surface area contributed by atoms with Crippen LogP contribution in [0, 0.1) is 6.92 Å². The maximum Gasteiger partial charge on any atom is 0.340 e. The highest BCUT2D eigenvalue weighted by Gasteiger charge is 2.17. The van der Waals surface area contributed by atoms with Crippen molar-refractivity contribution in [1.29, 1.82) is 0 Å². The summed E-state index contributed by atoms with van der Waals surface area (Å²) in [5.41, 5.74) is 2.69. The highest BCUT2D eigenvalue weighted by atomic mass is 79.9. The fourth-order valence-electron chi connectivity index (χ4n) is 2.89. The van der Waals surface area contributed by atoms with Crippen LogP contribution in [0.3, 0.4) is 0 Å². The molecule has 7 nitrogen and oxygen atoms in total. The number of carbonyl (C=O) groups excluding carboxylic acids is 3. The van der Waals surface area contributed by atoms with E-state index in [0.29, 0.717) is 22.2 Å². The summed E-state index contributed by atoms with van der Waals surface area (Å²) in [5.74, 6) is -1.54. The Morgan fingerprint density at radius 1 is 1.14 bits per heavy atom. The molecule has 0 unspecified atom stereocenters. The van der Waals surface area contributed by atoms with Crippen LogP contribution in [0.15, 0.2) is 53.1 Å². The molecule has 29 heavy (non-hydrogen) atoms. The number of para-hydroxylation sites is 1. The summed E-state index contributed by atoms with van der Waals surface area (Å²) in [6, 6.07) is 12.7. The van der Waals surface area contributed by atoms with Gasteiger partial charge in [0.05, 0.1) is 18.4 Å². The third-order valence-corrected chi connectivity index (χ3v) is 4.91. The number of ether oxygens (including phenoxy) is 2. The number of methoxy groups -OCH3 is 1. The number of fused-ring (bicyclic) bond motifs is 1. The summed E-state index contributed by atoms with van der Waals surface area (Å²) < 4.78 is 12.2. The molecule has 1 N–H and O–H groups in total. The Bertz CT molecular complexity index is 1090. The number of anilines is 1. The molecule has 1 heterocycles. The van der Waals surface area contributed by atoms with Crippen molar-refractivity contribution in [2.45, 2.75) is 13.5 Å². The van der Waals surface area contributed by atoms with Crippen molar-refractivity contribution in [3.05, 3.63) is 64.3 Å². The van der Waals surface area contributed by atoms with Gasteiger partial charge in [0.1, 0.15) is 6.54 Å². The van der Waals surface area contributed by atoms with E-state index < -0.39 is 24.5 Å². The first-order chi connectivity index (χ1) is 13.9. The van der Waals surface area contributed by atoms with Crippen LogP contribution in [0.1, 0.15) is 15.9 Å². The smallest absolute Gasteiger partial charge is 0.340 e. The van der Waals surface area contributed by atoms with Crippen molar-refractivity contribution in [3.63, 3.8) is 0 Å². The van der Waals surface area contributed by atoms with Gasteiger partial charge in [-0.05, 0) is 46.6 Å². The van der Waals surface area contributed by atoms with Crippen LogP contribution >= 0.6 is 15.9 Å². The van der Waals surface area contributed by atoms with Gasteiger partial charge < -0.3 is 19.4 Å². The minimum atomic E-state index is -0.597. The first-order valence-corrected chi connectivity index (χ1v) is 9.56. The van der Waals surface area contributed by atoms with Gasteiger partial charge in [0, 0.05) is 21.6 Å². The van der Waals surface area contributed by atoms with Crippen LogP contribution < -0.4 is 5.32 Å². The molecule has 0 saturated carbocycles. The SMILES string of the molecule is COC(=O)c1cn(CC(=O)OCC(=O)Nc2ccc(C)cc2Br)c2ccccc12. The average Bonchev–Trinajstić information content (AvgIpc) is 3.06. The number of rotatable bonds is 6. The van der Waals surface area contributed by atoms with Crippen molar-refractivity contribution in [2.75, 3.05) is 19.0 Å². The average molecular weight is 459 g/mol. The van der Waals surface area contributed by atoms with E-state index in [0.717, 1.165) is 10.0 Å². The third kappa shape index (κ3) is 4.83. The molecule has 0 spiro atoms. The number of halogens is 1. The Kier molecular flexibility index (Phi) is 6.33. The third-order valence-electron chi connectivity index (χ3n) is 4.26. The van der Waals surface area contributed by atoms with Crippen LogP contribution in [-0.2, 0) is 25.6 Å². The molecule has 2 aromatic carbocycles. The standard InChI is InChI=1S/C21H19BrN2O5/c1-13-7-8-17(16(22)9-13)23-19(25)12-29-20(26)11-24-10-15(21(27)28-2)14-5-3-4-6-18(14)24/h3-10H,11-12H2,1-2H3,(H,23,25). The second-order valence-electron chi connectivity index (χ2n) is 6.37. The van der Waals surface area contributed by atoms with Crippen molar-refractivity contribution in [2.24, 2.45) is 0 Å². The van der Waals surface area contributed by atoms with Crippen LogP contribution in [-0.4, -0.2) is 36.1 Å². The number of aryl methyl sites for hydroxylation is 1. The molecular weight excluding hydrogens is 440 g/mol. The van der Waals surface area contributed by atoms with Crippen molar-refractivity contribution >= 4 is 50.4 Å². The number of carbonyl (C=O) groups is 3. The fourth-order valence-corrected chi connectivity index (χ4v) is 3.48. The Morgan fingerprint density at radius 2 is 1.90 bits per heavy atom. The summed E-state index contributed by atoms with van der Waals surface area (Å²) >= 11 is 3.38. The van der Waals surface area contributed by atoms with Gasteiger partial charge >= 0.3 is 11.9 Å². The lowest BCUT2D eigenvalue weighted by Gasteiger charge is -2.09. The summed E-state index contributed by atoms with van der Waals surface area (Å²) in [7, 11) is 1.30. The molecule has 0 radical (unpaired) electrons. The van der Waals surface area contributed by atoms with Gasteiger partial charge in [0.15, 0.2) is 6.61 Å². The second-order valence-corrected chi connectivity index (χ2v) is 7.23. The Hall–Kier alpha value is -3.13. The maximum atomic E-state index is 12.2. The van der Waals surface area contributed by atoms with Gasteiger partial charge in [-0.15, -0.1) is 0 Å². The molecule has 0 saturated heterocycles. The van der Waals surface area contributed by atoms with E-state index in [1.165, 1.54) is 7.11 Å². The predicted molar refractivity (Wildman–Crippen MR) is 112 cm³/mol. The van der Waals surface area contributed by atoms with Gasteiger partial charge in [0.2, 0.25) is 0 Å². The molecule has 0 bridgehead atoms. The molecule has 0 aliphatic carbocycles. The molecule has 1 aromatic heterocycles. The zero-order valence-electron chi connectivity index (χ0n) is 15.9. The number of nitrogens with one attached hydrogen (secondary N) is 1. The number of hydrogen-bond donors (Lipinski definition) is 1. The summed E-state index contributed by atoms with van der Waals surface area (Å²) in [6.45, 7) is 1.38. The molecule has 3 aromatic rings. The van der Waals surface area contributed by atoms with E-state index in [-0.39, 0.29) is 6.54 Å². The molecule has 0 atom stereocenters. The fraction of sp³-hybridized carbons (Fsp3) is 0.190. The monoisotopic (exact) mass is 458 g/mol. The summed E-state index contributed by atoms with van der Waals surface area (Å²) in [4.78, 5) is 36.3. The summed E-state index contributed by atoms with van der Waals surface area (Å²) in [5, 5.41) is 3.36. The zero-order chi connectivity index (χ0) is 21.0. The molecule has 0 aliphatic heterocycles. The minimum Gasteiger partial charge on any atom is -0.465 e. The lowest BCUT2D eigenvalue weighted by Crippen LogP contribution is -2.23.